The minimum atomic E-state index is -0.861. The number of anilines is 1. The number of ether oxygens (including phenoxy) is 2. The van der Waals surface area contributed by atoms with Crippen molar-refractivity contribution in [2.24, 2.45) is 0 Å². The SMILES string of the molecule is CSCCC(NC(=O)c1ccccc1)C(=O)OCC(=O)Nc1ccccc1Oc1ccc(C)cc1. The fourth-order valence-corrected chi connectivity index (χ4v) is 3.60. The molecule has 0 aliphatic rings. The van der Waals surface area contributed by atoms with Gasteiger partial charge in [0.25, 0.3) is 11.8 Å². The summed E-state index contributed by atoms with van der Waals surface area (Å²) in [4.78, 5) is 37.7. The summed E-state index contributed by atoms with van der Waals surface area (Å²) in [5.41, 5.74) is 2.00. The van der Waals surface area contributed by atoms with E-state index >= 15 is 0 Å². The van der Waals surface area contributed by atoms with E-state index in [4.69, 9.17) is 9.47 Å². The second-order valence-corrected chi connectivity index (χ2v) is 8.73. The lowest BCUT2D eigenvalue weighted by molar-refractivity contribution is -0.149. The van der Waals surface area contributed by atoms with E-state index in [9.17, 15) is 14.4 Å². The normalized spacial score (nSPS) is 11.3. The lowest BCUT2D eigenvalue weighted by Gasteiger charge is -2.17. The number of hydrogen-bond acceptors (Lipinski definition) is 6. The van der Waals surface area contributed by atoms with E-state index in [0.717, 1.165) is 5.56 Å². The maximum absolute atomic E-state index is 12.7. The highest BCUT2D eigenvalue weighted by Gasteiger charge is 2.23. The molecule has 3 aromatic carbocycles. The van der Waals surface area contributed by atoms with Gasteiger partial charge in [-0.2, -0.15) is 11.8 Å². The molecule has 1 unspecified atom stereocenters. The quantitative estimate of drug-likeness (QED) is 0.373. The maximum atomic E-state index is 12.7. The number of carbonyl (C=O) groups excluding carboxylic acids is 3. The van der Waals surface area contributed by atoms with Crippen LogP contribution in [0.5, 0.6) is 11.5 Å². The number of carbonyl (C=O) groups is 3. The smallest absolute Gasteiger partial charge is 0.329 e. The van der Waals surface area contributed by atoms with Gasteiger partial charge in [0.05, 0.1) is 5.69 Å². The van der Waals surface area contributed by atoms with Crippen molar-refractivity contribution in [2.45, 2.75) is 19.4 Å². The zero-order chi connectivity index (χ0) is 25.0. The molecule has 2 amide bonds. The molecule has 8 heteroatoms. The Balaban J connectivity index is 1.58. The molecule has 0 saturated carbocycles. The Morgan fingerprint density at radius 2 is 1.60 bits per heavy atom. The summed E-state index contributed by atoms with van der Waals surface area (Å²) in [6, 6.07) is 22.3. The zero-order valence-corrected chi connectivity index (χ0v) is 20.5. The van der Waals surface area contributed by atoms with Crippen molar-refractivity contribution in [3.63, 3.8) is 0 Å². The first kappa shape index (κ1) is 25.8. The summed E-state index contributed by atoms with van der Waals surface area (Å²) in [7, 11) is 0. The Labute approximate surface area is 209 Å². The van der Waals surface area contributed by atoms with Crippen molar-refractivity contribution in [1.82, 2.24) is 5.32 Å². The predicted octanol–water partition coefficient (Wildman–Crippen LogP) is 4.82. The fraction of sp³-hybridized carbons (Fsp3) is 0.222. The van der Waals surface area contributed by atoms with Gasteiger partial charge in [-0.1, -0.05) is 48.0 Å². The molecule has 3 rings (SSSR count). The molecule has 7 nitrogen and oxygen atoms in total. The van der Waals surface area contributed by atoms with E-state index in [2.05, 4.69) is 10.6 Å². The summed E-state index contributed by atoms with van der Waals surface area (Å²) >= 11 is 1.55. The summed E-state index contributed by atoms with van der Waals surface area (Å²) < 4.78 is 11.1. The van der Waals surface area contributed by atoms with Crippen molar-refractivity contribution < 1.29 is 23.9 Å². The Kier molecular flexibility index (Phi) is 9.74. The van der Waals surface area contributed by atoms with E-state index in [1.165, 1.54) is 0 Å². The molecule has 0 aromatic heterocycles. The van der Waals surface area contributed by atoms with E-state index in [1.54, 1.807) is 66.4 Å². The van der Waals surface area contributed by atoms with E-state index in [-0.39, 0.29) is 5.91 Å². The molecule has 0 bridgehead atoms. The predicted molar refractivity (Wildman–Crippen MR) is 138 cm³/mol. The highest BCUT2D eigenvalue weighted by molar-refractivity contribution is 7.98. The van der Waals surface area contributed by atoms with Crippen LogP contribution in [0.4, 0.5) is 5.69 Å². The molecule has 0 saturated heterocycles. The van der Waals surface area contributed by atoms with Gasteiger partial charge >= 0.3 is 5.97 Å². The highest BCUT2D eigenvalue weighted by Crippen LogP contribution is 2.29. The van der Waals surface area contributed by atoms with Gasteiger partial charge in [-0.15, -0.1) is 0 Å². The van der Waals surface area contributed by atoms with Crippen molar-refractivity contribution in [3.05, 3.63) is 90.0 Å². The van der Waals surface area contributed by atoms with Crippen LogP contribution in [0.3, 0.4) is 0 Å². The average Bonchev–Trinajstić information content (AvgIpc) is 2.88. The number of esters is 1. The van der Waals surface area contributed by atoms with Gasteiger partial charge in [0.2, 0.25) is 0 Å². The first-order chi connectivity index (χ1) is 17.0. The van der Waals surface area contributed by atoms with Crippen LogP contribution < -0.4 is 15.4 Å². The van der Waals surface area contributed by atoms with Gasteiger partial charge in [0.1, 0.15) is 11.8 Å². The molecule has 1 atom stereocenters. The molecular formula is C27H28N2O5S. The largest absolute Gasteiger partial charge is 0.455 e. The van der Waals surface area contributed by atoms with Gasteiger partial charge in [-0.25, -0.2) is 4.79 Å². The number of thioether (sulfide) groups is 1. The summed E-state index contributed by atoms with van der Waals surface area (Å²) in [5.74, 6) is 0.183. The molecule has 0 aliphatic carbocycles. The minimum Gasteiger partial charge on any atom is -0.455 e. The second kappa shape index (κ2) is 13.2. The van der Waals surface area contributed by atoms with Gasteiger partial charge in [0, 0.05) is 5.56 Å². The third kappa shape index (κ3) is 8.19. The average molecular weight is 493 g/mol. The van der Waals surface area contributed by atoms with E-state index < -0.39 is 24.5 Å². The number of rotatable bonds is 11. The van der Waals surface area contributed by atoms with Crippen molar-refractivity contribution in [2.75, 3.05) is 23.9 Å². The number of para-hydroxylation sites is 2. The Hall–Kier alpha value is -3.78. The van der Waals surface area contributed by atoms with Crippen LogP contribution in [0.1, 0.15) is 22.3 Å². The Bertz CT molecular complexity index is 1140. The fourth-order valence-electron chi connectivity index (χ4n) is 3.13. The lowest BCUT2D eigenvalue weighted by Crippen LogP contribution is -2.43. The van der Waals surface area contributed by atoms with Crippen LogP contribution in [-0.4, -0.2) is 42.4 Å². The van der Waals surface area contributed by atoms with E-state index in [0.29, 0.717) is 34.9 Å². The van der Waals surface area contributed by atoms with Gasteiger partial charge in [-0.05, 0) is 61.8 Å². The summed E-state index contributed by atoms with van der Waals surface area (Å²) in [5, 5.41) is 5.42. The van der Waals surface area contributed by atoms with Crippen LogP contribution in [-0.2, 0) is 14.3 Å². The van der Waals surface area contributed by atoms with Gasteiger partial charge < -0.3 is 20.1 Å². The molecule has 0 spiro atoms. The molecular weight excluding hydrogens is 464 g/mol. The maximum Gasteiger partial charge on any atom is 0.329 e. The monoisotopic (exact) mass is 492 g/mol. The number of hydrogen-bond donors (Lipinski definition) is 2. The standard InChI is InChI=1S/C27H28N2O5S/c1-19-12-14-21(15-13-19)34-24-11-7-6-10-22(24)28-25(30)18-33-27(32)23(16-17-35-2)29-26(31)20-8-4-3-5-9-20/h3-15,23H,16-18H2,1-2H3,(H,28,30)(H,29,31). The minimum absolute atomic E-state index is 0.375. The van der Waals surface area contributed by atoms with Crippen molar-refractivity contribution in [1.29, 1.82) is 0 Å². The molecule has 0 radical (unpaired) electrons. The van der Waals surface area contributed by atoms with Crippen LogP contribution in [0.2, 0.25) is 0 Å². The van der Waals surface area contributed by atoms with Gasteiger partial charge in [-0.3, -0.25) is 9.59 Å². The molecule has 3 aromatic rings. The summed E-state index contributed by atoms with van der Waals surface area (Å²) in [6.07, 6.45) is 2.29. The Morgan fingerprint density at radius 3 is 2.31 bits per heavy atom. The number of aryl methyl sites for hydroxylation is 1. The molecule has 35 heavy (non-hydrogen) atoms. The topological polar surface area (TPSA) is 93.7 Å². The van der Waals surface area contributed by atoms with Crippen molar-refractivity contribution in [3.8, 4) is 11.5 Å². The molecule has 2 N–H and O–H groups in total. The van der Waals surface area contributed by atoms with Crippen molar-refractivity contribution >= 4 is 35.2 Å². The third-order valence-corrected chi connectivity index (χ3v) is 5.64. The van der Waals surface area contributed by atoms with Crippen LogP contribution in [0.15, 0.2) is 78.9 Å². The van der Waals surface area contributed by atoms with Crippen LogP contribution in [0, 0.1) is 6.92 Å². The number of nitrogens with one attached hydrogen (secondary N) is 2. The van der Waals surface area contributed by atoms with Crippen LogP contribution in [0.25, 0.3) is 0 Å². The number of benzene rings is 3. The second-order valence-electron chi connectivity index (χ2n) is 7.74. The zero-order valence-electron chi connectivity index (χ0n) is 19.7. The summed E-state index contributed by atoms with van der Waals surface area (Å²) in [6.45, 7) is 1.49. The lowest BCUT2D eigenvalue weighted by atomic mass is 10.1. The first-order valence-corrected chi connectivity index (χ1v) is 12.5. The molecule has 0 fully saturated rings. The highest BCUT2D eigenvalue weighted by atomic mass is 32.2. The third-order valence-electron chi connectivity index (χ3n) is 4.99. The Morgan fingerprint density at radius 1 is 0.914 bits per heavy atom. The molecule has 182 valence electrons. The first-order valence-electron chi connectivity index (χ1n) is 11.1. The van der Waals surface area contributed by atoms with Crippen LogP contribution >= 0.6 is 11.8 Å². The molecule has 0 aliphatic heterocycles. The van der Waals surface area contributed by atoms with Gasteiger partial charge in [0.15, 0.2) is 12.4 Å². The number of amides is 2. The molecule has 0 heterocycles. The van der Waals surface area contributed by atoms with E-state index in [1.807, 2.05) is 37.4 Å².